The number of methoxy groups -OCH3 is 1. The number of carboxylic acid groups (broad SMARTS) is 1. The highest BCUT2D eigenvalue weighted by Gasteiger charge is 2.71. The van der Waals surface area contributed by atoms with E-state index in [-0.39, 0.29) is 36.3 Å². The number of phenols is 1. The van der Waals surface area contributed by atoms with Crippen LogP contribution in [0.2, 0.25) is 0 Å². The van der Waals surface area contributed by atoms with Gasteiger partial charge in [-0.25, -0.2) is 4.79 Å². The van der Waals surface area contributed by atoms with Gasteiger partial charge in [-0.15, -0.1) is 0 Å². The molecule has 0 aliphatic carbocycles. The molecule has 4 heterocycles. The lowest BCUT2D eigenvalue weighted by Crippen LogP contribution is -2.87. The second-order valence-electron chi connectivity index (χ2n) is 13.2. The molecule has 0 unspecified atom stereocenters. The summed E-state index contributed by atoms with van der Waals surface area (Å²) >= 11 is 0. The number of piperidine rings is 1. The van der Waals surface area contributed by atoms with E-state index in [4.69, 9.17) is 28.4 Å². The molecule has 0 saturated carbocycles. The van der Waals surface area contributed by atoms with Gasteiger partial charge in [0.25, 0.3) is 0 Å². The van der Waals surface area contributed by atoms with Gasteiger partial charge in [-0.3, -0.25) is 10.6 Å². The monoisotopic (exact) mass is 727 g/mol. The standard InChI is InChI=1S/C35H41N3O14/c1-15(39)12-37-14-48-21-8-7-19-25-28(51-26(19)27(21)47-3)24-20(16-5-4-6-17(40)9-16)10-18(11-22(24)50-30(25)42)49-31-29(41)35(46)32(43)34(52-31,33(44)45)23(36-2)13-38-35/h4-11,15,23,25,28-32,36-43,46H,12-14H2,1-3H3,(H,44,45)/t15-,23-,25-,28+,29-,30+,31-,32+,34-,35-/m0/s1. The van der Waals surface area contributed by atoms with Crippen LogP contribution >= 0.6 is 0 Å². The molecule has 2 saturated heterocycles. The number of aliphatic hydroxyl groups excluding tert-OH is 4. The zero-order valence-electron chi connectivity index (χ0n) is 28.3. The predicted molar refractivity (Wildman–Crippen MR) is 178 cm³/mol. The molecule has 0 aromatic heterocycles. The molecule has 0 radical (unpaired) electrons. The van der Waals surface area contributed by atoms with Crippen molar-refractivity contribution in [3.63, 3.8) is 0 Å². The van der Waals surface area contributed by atoms with E-state index in [2.05, 4.69) is 16.0 Å². The molecule has 3 aromatic carbocycles. The van der Waals surface area contributed by atoms with Crippen molar-refractivity contribution in [3.8, 4) is 45.6 Å². The van der Waals surface area contributed by atoms with E-state index in [0.29, 0.717) is 40.3 Å². The molecule has 2 fully saturated rings. The predicted octanol–water partition coefficient (Wildman–Crippen LogP) is -0.537. The second kappa shape index (κ2) is 13.5. The number of aliphatic carboxylic acids is 1. The minimum Gasteiger partial charge on any atom is -0.508 e. The van der Waals surface area contributed by atoms with E-state index in [1.54, 1.807) is 31.2 Å². The summed E-state index contributed by atoms with van der Waals surface area (Å²) in [6.45, 7) is 1.85. The van der Waals surface area contributed by atoms with Gasteiger partial charge in [0, 0.05) is 30.3 Å². The fourth-order valence-corrected chi connectivity index (χ4v) is 7.49. The maximum absolute atomic E-state index is 12.7. The molecule has 52 heavy (non-hydrogen) atoms. The smallest absolute Gasteiger partial charge is 0.340 e. The van der Waals surface area contributed by atoms with Crippen molar-refractivity contribution >= 4 is 5.97 Å². The lowest BCUT2D eigenvalue weighted by molar-refractivity contribution is -0.362. The third-order valence-electron chi connectivity index (χ3n) is 10.0. The van der Waals surface area contributed by atoms with Gasteiger partial charge >= 0.3 is 5.97 Å². The highest BCUT2D eigenvalue weighted by Crippen LogP contribution is 2.59. The Hall–Kier alpha value is -4.43. The van der Waals surface area contributed by atoms with E-state index in [0.717, 1.165) is 0 Å². The quantitative estimate of drug-likeness (QED) is 0.0880. The van der Waals surface area contributed by atoms with Crippen molar-refractivity contribution in [2.75, 3.05) is 34.0 Å². The Kier molecular flexibility index (Phi) is 9.35. The van der Waals surface area contributed by atoms with Crippen LogP contribution in [0.15, 0.2) is 48.5 Å². The number of carboxylic acids is 1. The van der Waals surface area contributed by atoms with E-state index >= 15 is 0 Å². The summed E-state index contributed by atoms with van der Waals surface area (Å²) in [6, 6.07) is 11.6. The largest absolute Gasteiger partial charge is 0.508 e. The Balaban J connectivity index is 1.28. The number of rotatable bonds is 11. The molecule has 7 rings (SSSR count). The molecule has 2 bridgehead atoms. The van der Waals surface area contributed by atoms with Crippen LogP contribution in [0.5, 0.6) is 34.5 Å². The second-order valence-corrected chi connectivity index (χ2v) is 13.2. The molecule has 280 valence electrons. The molecule has 3 aromatic rings. The van der Waals surface area contributed by atoms with Crippen LogP contribution in [0, 0.1) is 0 Å². The Bertz CT molecular complexity index is 1840. The number of phenolic OH excluding ortho intramolecular Hbond substituents is 1. The van der Waals surface area contributed by atoms with Crippen LogP contribution in [-0.4, -0.2) is 124 Å². The SMILES string of the molecule is CN[C@H]1CN[C@]2(O)[C@@H](O)[C@@H](Oc3cc4c(c(-c5cccc(O)c5)c3)[C@H]3Oc5c(ccc(OCNC[C@H](C)O)c5OC)[C@@H]3[C@H](O)O4)O[C@]1(C(=O)O)[C@H]2O. The van der Waals surface area contributed by atoms with E-state index < -0.39 is 66.3 Å². The molecule has 0 amide bonds. The maximum Gasteiger partial charge on any atom is 0.340 e. The van der Waals surface area contributed by atoms with Gasteiger partial charge in [-0.1, -0.05) is 18.2 Å². The average molecular weight is 728 g/mol. The molecule has 0 spiro atoms. The maximum atomic E-state index is 12.7. The first kappa shape index (κ1) is 36.0. The number of nitrogens with one attached hydrogen (secondary N) is 3. The number of ether oxygens (including phenoxy) is 6. The molecule has 4 aliphatic heterocycles. The van der Waals surface area contributed by atoms with Crippen LogP contribution in [0.3, 0.4) is 0 Å². The van der Waals surface area contributed by atoms with Gasteiger partial charge in [0.05, 0.1) is 25.2 Å². The van der Waals surface area contributed by atoms with E-state index in [1.165, 1.54) is 38.4 Å². The fourth-order valence-electron chi connectivity index (χ4n) is 7.49. The van der Waals surface area contributed by atoms with E-state index in [9.17, 15) is 40.5 Å². The summed E-state index contributed by atoms with van der Waals surface area (Å²) in [5, 5.41) is 83.7. The van der Waals surface area contributed by atoms with Crippen molar-refractivity contribution < 1.29 is 69.0 Å². The number of hydrogen-bond donors (Lipinski definition) is 10. The lowest BCUT2D eigenvalue weighted by Gasteiger charge is -2.58. The van der Waals surface area contributed by atoms with Gasteiger partial charge in [-0.05, 0) is 49.4 Å². The van der Waals surface area contributed by atoms with Gasteiger partial charge in [0.15, 0.2) is 23.3 Å². The first-order chi connectivity index (χ1) is 24.8. The number of carbonyl (C=O) groups is 1. The summed E-state index contributed by atoms with van der Waals surface area (Å²) in [5.74, 6) is -1.42. The number of likely N-dealkylation sites (N-methyl/N-ethyl adjacent to an activating group) is 1. The minimum absolute atomic E-state index is 0.0418. The van der Waals surface area contributed by atoms with Crippen LogP contribution in [0.25, 0.3) is 11.1 Å². The fraction of sp³-hybridized carbons (Fsp3) is 0.457. The Labute approximate surface area is 297 Å². The van der Waals surface area contributed by atoms with Crippen LogP contribution in [-0.2, 0) is 9.53 Å². The van der Waals surface area contributed by atoms with Crippen molar-refractivity contribution in [3.05, 3.63) is 59.7 Å². The van der Waals surface area contributed by atoms with Gasteiger partial charge in [0.1, 0.15) is 36.2 Å². The number of hydrogen-bond acceptors (Lipinski definition) is 16. The number of aromatic hydroxyl groups is 1. The number of fused-ring (bicyclic) bond motifs is 7. The summed E-state index contributed by atoms with van der Waals surface area (Å²) in [7, 11) is 2.91. The topological polar surface area (TPSA) is 250 Å². The Morgan fingerprint density at radius 2 is 1.92 bits per heavy atom. The Morgan fingerprint density at radius 3 is 2.62 bits per heavy atom. The minimum atomic E-state index is -2.53. The first-order valence-electron chi connectivity index (χ1n) is 16.6. The van der Waals surface area contributed by atoms with Crippen LogP contribution < -0.4 is 39.6 Å². The van der Waals surface area contributed by atoms with E-state index in [1.807, 2.05) is 0 Å². The highest BCUT2D eigenvalue weighted by molar-refractivity contribution is 5.81. The summed E-state index contributed by atoms with van der Waals surface area (Å²) < 4.78 is 36.1. The third kappa shape index (κ3) is 5.65. The highest BCUT2D eigenvalue weighted by atomic mass is 16.7. The molecular formula is C35H41N3O14. The van der Waals surface area contributed by atoms with Crippen molar-refractivity contribution in [1.82, 2.24) is 16.0 Å². The third-order valence-corrected chi connectivity index (χ3v) is 10.0. The van der Waals surface area contributed by atoms with Crippen LogP contribution in [0.1, 0.15) is 30.1 Å². The molecule has 4 aliphatic rings. The average Bonchev–Trinajstić information content (AvgIpc) is 3.50. The summed E-state index contributed by atoms with van der Waals surface area (Å²) in [4.78, 5) is 12.7. The molecule has 10 atom stereocenters. The normalized spacial score (nSPS) is 32.0. The molecule has 17 nitrogen and oxygen atoms in total. The molecular weight excluding hydrogens is 686 g/mol. The van der Waals surface area contributed by atoms with Gasteiger partial charge in [-0.2, -0.15) is 0 Å². The first-order valence-corrected chi connectivity index (χ1v) is 16.6. The zero-order chi connectivity index (χ0) is 37.1. The Morgan fingerprint density at radius 1 is 1.13 bits per heavy atom. The van der Waals surface area contributed by atoms with Gasteiger partial charge in [0.2, 0.25) is 23.9 Å². The van der Waals surface area contributed by atoms with Crippen molar-refractivity contribution in [1.29, 1.82) is 0 Å². The molecule has 10 N–H and O–H groups in total. The summed E-state index contributed by atoms with van der Waals surface area (Å²) in [5.41, 5.74) is -3.03. The summed E-state index contributed by atoms with van der Waals surface area (Å²) in [6.07, 6.45) is -8.81. The number of benzene rings is 3. The van der Waals surface area contributed by atoms with Crippen molar-refractivity contribution in [2.24, 2.45) is 0 Å². The lowest BCUT2D eigenvalue weighted by atomic mass is 9.74. The van der Waals surface area contributed by atoms with Crippen molar-refractivity contribution in [2.45, 2.75) is 67.2 Å². The number of aliphatic hydroxyl groups is 5. The van der Waals surface area contributed by atoms with Gasteiger partial charge < -0.3 is 69.5 Å². The zero-order valence-corrected chi connectivity index (χ0v) is 28.3. The molecule has 17 heteroatoms. The van der Waals surface area contributed by atoms with Crippen LogP contribution in [0.4, 0.5) is 0 Å².